The van der Waals surface area contributed by atoms with Crippen molar-refractivity contribution in [3.05, 3.63) is 11.3 Å². The molecule has 0 aromatic carbocycles. The molecule has 0 amide bonds. The molecule has 3 nitrogen and oxygen atoms in total. The maximum atomic E-state index is 5.21. The van der Waals surface area contributed by atoms with Crippen LogP contribution in [0.4, 0.5) is 0 Å². The van der Waals surface area contributed by atoms with Crippen LogP contribution in [-0.4, -0.2) is 26.4 Å². The highest BCUT2D eigenvalue weighted by Gasteiger charge is 2.16. The van der Waals surface area contributed by atoms with Gasteiger partial charge in [0.15, 0.2) is 0 Å². The second kappa shape index (κ2) is 2.01. The number of hydrogen-bond donors (Lipinski definition) is 2. The molecule has 0 saturated heterocycles. The van der Waals surface area contributed by atoms with E-state index < -0.39 is 0 Å². The molecule has 0 aliphatic carbocycles. The van der Waals surface area contributed by atoms with Gasteiger partial charge in [-0.2, -0.15) is 0 Å². The fourth-order valence-electron chi connectivity index (χ4n) is 1.18. The van der Waals surface area contributed by atoms with E-state index in [9.17, 15) is 0 Å². The number of nitrogens with one attached hydrogen (secondary N) is 2. The molecule has 0 aromatic rings. The number of hydrogen-bond acceptors (Lipinski definition) is 3. The Morgan fingerprint density at radius 3 is 3.22 bits per heavy atom. The van der Waals surface area contributed by atoms with E-state index in [4.69, 9.17) is 4.74 Å². The molecule has 0 atom stereocenters. The summed E-state index contributed by atoms with van der Waals surface area (Å²) in [7, 11) is 0. The fourth-order valence-corrected chi connectivity index (χ4v) is 1.18. The first-order chi connectivity index (χ1) is 4.47. The zero-order chi connectivity index (χ0) is 6.10. The molecule has 9 heavy (non-hydrogen) atoms. The molecule has 0 saturated carbocycles. The van der Waals surface area contributed by atoms with Crippen molar-refractivity contribution in [1.82, 2.24) is 10.6 Å². The van der Waals surface area contributed by atoms with Crippen molar-refractivity contribution in [2.45, 2.75) is 0 Å². The third kappa shape index (κ3) is 0.821. The van der Waals surface area contributed by atoms with Crippen LogP contribution in [-0.2, 0) is 4.74 Å². The van der Waals surface area contributed by atoms with Crippen LogP contribution in [0.25, 0.3) is 0 Å². The van der Waals surface area contributed by atoms with Gasteiger partial charge < -0.3 is 10.1 Å². The summed E-state index contributed by atoms with van der Waals surface area (Å²) in [4.78, 5) is 0. The van der Waals surface area contributed by atoms with Gasteiger partial charge in [0.2, 0.25) is 0 Å². The van der Waals surface area contributed by atoms with Gasteiger partial charge in [-0.25, -0.2) is 0 Å². The summed E-state index contributed by atoms with van der Waals surface area (Å²) < 4.78 is 5.21. The lowest BCUT2D eigenvalue weighted by molar-refractivity contribution is 0.202. The van der Waals surface area contributed by atoms with Crippen molar-refractivity contribution in [1.29, 1.82) is 0 Å². The molecule has 2 aliphatic rings. The molecular weight excluding hydrogens is 116 g/mol. The van der Waals surface area contributed by atoms with Gasteiger partial charge in [0, 0.05) is 12.2 Å². The smallest absolute Gasteiger partial charge is 0.0868 e. The van der Waals surface area contributed by atoms with Crippen molar-refractivity contribution < 1.29 is 4.74 Å². The second-order valence-electron chi connectivity index (χ2n) is 2.36. The maximum absolute atomic E-state index is 5.21. The molecule has 3 heteroatoms. The highest BCUT2D eigenvalue weighted by molar-refractivity contribution is 5.20. The highest BCUT2D eigenvalue weighted by Crippen LogP contribution is 2.11. The third-order valence-electron chi connectivity index (χ3n) is 1.71. The van der Waals surface area contributed by atoms with Crippen molar-refractivity contribution in [2.75, 3.05) is 26.4 Å². The summed E-state index contributed by atoms with van der Waals surface area (Å²) in [6.45, 7) is 3.50. The molecule has 0 aromatic heterocycles. The van der Waals surface area contributed by atoms with Crippen LogP contribution >= 0.6 is 0 Å². The molecule has 0 radical (unpaired) electrons. The molecule has 0 unspecified atom stereocenters. The van der Waals surface area contributed by atoms with Crippen molar-refractivity contribution in [2.24, 2.45) is 0 Å². The Hall–Kier alpha value is -0.540. The first-order valence-corrected chi connectivity index (χ1v) is 3.20. The lowest BCUT2D eigenvalue weighted by Crippen LogP contribution is -2.36. The predicted octanol–water partition coefficient (Wildman–Crippen LogP) is -0.579. The molecule has 2 heterocycles. The van der Waals surface area contributed by atoms with E-state index in [0.717, 1.165) is 26.4 Å². The van der Waals surface area contributed by atoms with E-state index in [-0.39, 0.29) is 0 Å². The van der Waals surface area contributed by atoms with Gasteiger partial charge in [-0.3, -0.25) is 5.32 Å². The summed E-state index contributed by atoms with van der Waals surface area (Å²) in [6, 6.07) is 0. The number of ether oxygens (including phenoxy) is 1. The maximum Gasteiger partial charge on any atom is 0.0868 e. The van der Waals surface area contributed by atoms with Crippen LogP contribution in [0.3, 0.4) is 0 Å². The second-order valence-corrected chi connectivity index (χ2v) is 2.36. The standard InChI is InChI=1S/C6H10N2O/c1-5-2-9-3-6(5)8-4-7-1/h7-8H,1-4H2. The van der Waals surface area contributed by atoms with Crippen LogP contribution < -0.4 is 10.6 Å². The van der Waals surface area contributed by atoms with Crippen molar-refractivity contribution in [3.63, 3.8) is 0 Å². The Bertz CT molecular complexity index is 137. The largest absolute Gasteiger partial charge is 0.374 e. The first kappa shape index (κ1) is 5.26. The Balaban J connectivity index is 2.17. The van der Waals surface area contributed by atoms with E-state index in [1.54, 1.807) is 0 Å². The topological polar surface area (TPSA) is 33.3 Å². The van der Waals surface area contributed by atoms with Crippen LogP contribution in [0.5, 0.6) is 0 Å². The quantitative estimate of drug-likeness (QED) is 0.455. The third-order valence-corrected chi connectivity index (χ3v) is 1.71. The predicted molar refractivity (Wildman–Crippen MR) is 33.9 cm³/mol. The highest BCUT2D eigenvalue weighted by atomic mass is 16.5. The van der Waals surface area contributed by atoms with Crippen LogP contribution in [0.2, 0.25) is 0 Å². The van der Waals surface area contributed by atoms with Gasteiger partial charge in [-0.1, -0.05) is 0 Å². The average Bonchev–Trinajstić information content (AvgIpc) is 2.33. The molecule has 0 bridgehead atoms. The van der Waals surface area contributed by atoms with E-state index in [0.29, 0.717) is 0 Å². The number of rotatable bonds is 0. The minimum absolute atomic E-state index is 0.789. The summed E-state index contributed by atoms with van der Waals surface area (Å²) in [5, 5.41) is 6.43. The molecular formula is C6H10N2O. The molecule has 0 fully saturated rings. The summed E-state index contributed by atoms with van der Waals surface area (Å²) >= 11 is 0. The Morgan fingerprint density at radius 2 is 2.33 bits per heavy atom. The molecule has 2 N–H and O–H groups in total. The average molecular weight is 126 g/mol. The zero-order valence-electron chi connectivity index (χ0n) is 5.24. The Kier molecular flexibility index (Phi) is 1.17. The van der Waals surface area contributed by atoms with E-state index in [2.05, 4.69) is 10.6 Å². The van der Waals surface area contributed by atoms with Gasteiger partial charge >= 0.3 is 0 Å². The van der Waals surface area contributed by atoms with Gasteiger partial charge in [0.25, 0.3) is 0 Å². The van der Waals surface area contributed by atoms with Gasteiger partial charge in [0.1, 0.15) is 0 Å². The Morgan fingerprint density at radius 1 is 1.33 bits per heavy atom. The van der Waals surface area contributed by atoms with Gasteiger partial charge in [-0.05, 0) is 5.57 Å². The SMILES string of the molecule is C1NCC2=C(COC2)N1. The van der Waals surface area contributed by atoms with Gasteiger partial charge in [-0.15, -0.1) is 0 Å². The van der Waals surface area contributed by atoms with E-state index in [1.807, 2.05) is 0 Å². The normalized spacial score (nSPS) is 25.8. The van der Waals surface area contributed by atoms with Crippen molar-refractivity contribution >= 4 is 0 Å². The summed E-state index contributed by atoms with van der Waals surface area (Å²) in [5.41, 5.74) is 2.69. The van der Waals surface area contributed by atoms with Crippen molar-refractivity contribution in [3.8, 4) is 0 Å². The lowest BCUT2D eigenvalue weighted by Gasteiger charge is -2.15. The minimum atomic E-state index is 0.789. The van der Waals surface area contributed by atoms with Crippen LogP contribution in [0, 0.1) is 0 Å². The Labute approximate surface area is 54.1 Å². The molecule has 2 rings (SSSR count). The zero-order valence-corrected chi connectivity index (χ0v) is 5.24. The summed E-state index contributed by atoms with van der Waals surface area (Å²) in [5.74, 6) is 0. The molecule has 2 aliphatic heterocycles. The lowest BCUT2D eigenvalue weighted by atomic mass is 10.2. The van der Waals surface area contributed by atoms with Gasteiger partial charge in [0.05, 0.1) is 19.9 Å². The minimum Gasteiger partial charge on any atom is -0.374 e. The monoisotopic (exact) mass is 126 g/mol. The van der Waals surface area contributed by atoms with Crippen LogP contribution in [0.1, 0.15) is 0 Å². The summed E-state index contributed by atoms with van der Waals surface area (Å²) in [6.07, 6.45) is 0. The molecule has 0 spiro atoms. The van der Waals surface area contributed by atoms with E-state index in [1.165, 1.54) is 11.3 Å². The molecule has 50 valence electrons. The van der Waals surface area contributed by atoms with Crippen LogP contribution in [0.15, 0.2) is 11.3 Å². The van der Waals surface area contributed by atoms with E-state index >= 15 is 0 Å². The first-order valence-electron chi connectivity index (χ1n) is 3.20. The fraction of sp³-hybridized carbons (Fsp3) is 0.667.